The van der Waals surface area contributed by atoms with Gasteiger partial charge in [-0.1, -0.05) is 0 Å². The highest BCUT2D eigenvalue weighted by Crippen LogP contribution is 2.27. The Morgan fingerprint density at radius 3 is 2.67 bits per heavy atom. The number of hydrogen-bond donors (Lipinski definition) is 2. The summed E-state index contributed by atoms with van der Waals surface area (Å²) in [5, 5.41) is 5.25. The Bertz CT molecular complexity index is 490. The quantitative estimate of drug-likeness (QED) is 0.869. The van der Waals surface area contributed by atoms with Gasteiger partial charge in [-0.2, -0.15) is 0 Å². The molecule has 0 aliphatic carbocycles. The molecule has 0 spiro atoms. The summed E-state index contributed by atoms with van der Waals surface area (Å²) >= 11 is 1.71. The molecule has 2 aromatic heterocycles. The molecule has 18 heavy (non-hydrogen) atoms. The van der Waals surface area contributed by atoms with Gasteiger partial charge in [0.15, 0.2) is 0 Å². The Morgan fingerprint density at radius 2 is 2.11 bits per heavy atom. The number of nitrogens with two attached hydrogens (primary N) is 1. The van der Waals surface area contributed by atoms with Crippen LogP contribution < -0.4 is 11.1 Å². The maximum absolute atomic E-state index is 5.68. The number of anilines is 1. The van der Waals surface area contributed by atoms with Crippen LogP contribution in [0, 0.1) is 6.92 Å². The maximum atomic E-state index is 5.68. The van der Waals surface area contributed by atoms with Crippen LogP contribution in [0.3, 0.4) is 0 Å². The Labute approximate surface area is 111 Å². The van der Waals surface area contributed by atoms with Gasteiger partial charge < -0.3 is 11.1 Å². The summed E-state index contributed by atoms with van der Waals surface area (Å²) in [4.78, 5) is 9.87. The molecule has 0 bridgehead atoms. The van der Waals surface area contributed by atoms with Crippen molar-refractivity contribution in [2.45, 2.75) is 26.3 Å². The van der Waals surface area contributed by atoms with Crippen LogP contribution in [0.5, 0.6) is 0 Å². The van der Waals surface area contributed by atoms with E-state index in [0.29, 0.717) is 5.95 Å². The monoisotopic (exact) mass is 262 g/mol. The Morgan fingerprint density at radius 1 is 1.39 bits per heavy atom. The zero-order chi connectivity index (χ0) is 13.0. The fourth-order valence-electron chi connectivity index (χ4n) is 1.62. The number of aryl methyl sites for hydroxylation is 1. The molecule has 96 valence electrons. The molecule has 0 amide bonds. The summed E-state index contributed by atoms with van der Waals surface area (Å²) in [6.07, 6.45) is 4.63. The maximum Gasteiger partial charge on any atom is 0.222 e. The van der Waals surface area contributed by atoms with E-state index in [4.69, 9.17) is 5.73 Å². The molecule has 0 radical (unpaired) electrons. The number of nitrogens with zero attached hydrogens (tertiary/aromatic N) is 2. The molecule has 1 unspecified atom stereocenters. The van der Waals surface area contributed by atoms with Crippen LogP contribution in [0.25, 0.3) is 10.4 Å². The fourth-order valence-corrected chi connectivity index (χ4v) is 2.52. The van der Waals surface area contributed by atoms with Crippen molar-refractivity contribution in [3.8, 4) is 10.4 Å². The molecule has 0 saturated carbocycles. The van der Waals surface area contributed by atoms with E-state index in [1.807, 2.05) is 19.3 Å². The van der Waals surface area contributed by atoms with E-state index in [2.05, 4.69) is 33.7 Å². The van der Waals surface area contributed by atoms with Gasteiger partial charge in [0.2, 0.25) is 5.95 Å². The minimum Gasteiger partial charge on any atom is -0.354 e. The molecule has 3 N–H and O–H groups in total. The third kappa shape index (κ3) is 3.27. The fraction of sp³-hybridized carbons (Fsp3) is 0.385. The van der Waals surface area contributed by atoms with Crippen molar-refractivity contribution in [1.82, 2.24) is 9.97 Å². The molecule has 2 aromatic rings. The lowest BCUT2D eigenvalue weighted by Gasteiger charge is -2.07. The van der Waals surface area contributed by atoms with Gasteiger partial charge in [0.25, 0.3) is 0 Å². The summed E-state index contributed by atoms with van der Waals surface area (Å²) in [7, 11) is 0. The first kappa shape index (κ1) is 13.0. The summed E-state index contributed by atoms with van der Waals surface area (Å²) in [6.45, 7) is 4.89. The van der Waals surface area contributed by atoms with Gasteiger partial charge in [-0.05, 0) is 37.3 Å². The molecule has 5 heteroatoms. The zero-order valence-corrected chi connectivity index (χ0v) is 11.5. The van der Waals surface area contributed by atoms with Crippen molar-refractivity contribution in [1.29, 1.82) is 0 Å². The normalized spacial score (nSPS) is 12.4. The summed E-state index contributed by atoms with van der Waals surface area (Å²) < 4.78 is 0. The molecule has 1 atom stereocenters. The van der Waals surface area contributed by atoms with E-state index >= 15 is 0 Å². The van der Waals surface area contributed by atoms with Crippen molar-refractivity contribution >= 4 is 17.3 Å². The summed E-state index contributed by atoms with van der Waals surface area (Å²) in [5.74, 6) is 0.661. The molecule has 0 aromatic carbocycles. The van der Waals surface area contributed by atoms with Gasteiger partial charge in [0, 0.05) is 35.4 Å². The summed E-state index contributed by atoms with van der Waals surface area (Å²) in [6, 6.07) is 2.31. The van der Waals surface area contributed by atoms with E-state index in [9.17, 15) is 0 Å². The summed E-state index contributed by atoms with van der Waals surface area (Å²) in [5.41, 5.74) is 8.02. The largest absolute Gasteiger partial charge is 0.354 e. The Balaban J connectivity index is 2.00. The van der Waals surface area contributed by atoms with Gasteiger partial charge in [0.1, 0.15) is 0 Å². The molecule has 2 rings (SSSR count). The SMILES string of the molecule is Cc1ccsc1-c1cnc(NCCC(C)N)nc1. The third-order valence-corrected chi connectivity index (χ3v) is 3.72. The number of aromatic nitrogens is 2. The van der Waals surface area contributed by atoms with E-state index in [1.54, 1.807) is 11.3 Å². The standard InChI is InChI=1S/C13H18N4S/c1-9-4-6-18-12(9)11-7-16-13(17-8-11)15-5-3-10(2)14/h4,6-8,10H,3,5,14H2,1-2H3,(H,15,16,17). The third-order valence-electron chi connectivity index (χ3n) is 2.66. The molecule has 0 aliphatic heterocycles. The average Bonchev–Trinajstić information content (AvgIpc) is 2.76. The predicted molar refractivity (Wildman–Crippen MR) is 76.8 cm³/mol. The molecular formula is C13H18N4S. The molecule has 0 saturated heterocycles. The smallest absolute Gasteiger partial charge is 0.222 e. The predicted octanol–water partition coefficient (Wildman–Crippen LogP) is 2.66. The molecule has 4 nitrogen and oxygen atoms in total. The van der Waals surface area contributed by atoms with Crippen LogP contribution in [-0.2, 0) is 0 Å². The van der Waals surface area contributed by atoms with Gasteiger partial charge >= 0.3 is 0 Å². The Hall–Kier alpha value is -1.46. The van der Waals surface area contributed by atoms with E-state index in [0.717, 1.165) is 18.5 Å². The molecule has 0 aliphatic rings. The van der Waals surface area contributed by atoms with Crippen molar-refractivity contribution < 1.29 is 0 Å². The first-order chi connectivity index (χ1) is 8.66. The van der Waals surface area contributed by atoms with E-state index < -0.39 is 0 Å². The lowest BCUT2D eigenvalue weighted by Crippen LogP contribution is -2.19. The van der Waals surface area contributed by atoms with Gasteiger partial charge in [-0.3, -0.25) is 0 Å². The van der Waals surface area contributed by atoms with Crippen molar-refractivity contribution in [2.24, 2.45) is 5.73 Å². The van der Waals surface area contributed by atoms with Crippen LogP contribution in [0.1, 0.15) is 18.9 Å². The second-order valence-corrected chi connectivity index (χ2v) is 5.34. The highest BCUT2D eigenvalue weighted by atomic mass is 32.1. The number of thiophene rings is 1. The second-order valence-electron chi connectivity index (χ2n) is 4.42. The van der Waals surface area contributed by atoms with E-state index in [1.165, 1.54) is 10.4 Å². The van der Waals surface area contributed by atoms with Crippen LogP contribution >= 0.6 is 11.3 Å². The number of hydrogen-bond acceptors (Lipinski definition) is 5. The van der Waals surface area contributed by atoms with Gasteiger partial charge in [0.05, 0.1) is 0 Å². The van der Waals surface area contributed by atoms with Crippen LogP contribution in [-0.4, -0.2) is 22.6 Å². The highest BCUT2D eigenvalue weighted by molar-refractivity contribution is 7.13. The second kappa shape index (κ2) is 5.93. The molecule has 0 fully saturated rings. The van der Waals surface area contributed by atoms with Gasteiger partial charge in [-0.15, -0.1) is 11.3 Å². The van der Waals surface area contributed by atoms with Crippen molar-refractivity contribution in [3.63, 3.8) is 0 Å². The minimum atomic E-state index is 0.200. The highest BCUT2D eigenvalue weighted by Gasteiger charge is 2.04. The lowest BCUT2D eigenvalue weighted by atomic mass is 10.2. The van der Waals surface area contributed by atoms with Crippen molar-refractivity contribution in [3.05, 3.63) is 29.4 Å². The average molecular weight is 262 g/mol. The topological polar surface area (TPSA) is 63.8 Å². The van der Waals surface area contributed by atoms with Gasteiger partial charge in [-0.25, -0.2) is 9.97 Å². The lowest BCUT2D eigenvalue weighted by molar-refractivity contribution is 0.688. The Kier molecular flexibility index (Phi) is 4.28. The zero-order valence-electron chi connectivity index (χ0n) is 10.7. The number of nitrogens with one attached hydrogen (secondary N) is 1. The van der Waals surface area contributed by atoms with E-state index in [-0.39, 0.29) is 6.04 Å². The minimum absolute atomic E-state index is 0.200. The van der Waals surface area contributed by atoms with Crippen LogP contribution in [0.15, 0.2) is 23.8 Å². The molecular weight excluding hydrogens is 244 g/mol. The first-order valence-corrected chi connectivity index (χ1v) is 6.90. The first-order valence-electron chi connectivity index (χ1n) is 6.03. The van der Waals surface area contributed by atoms with Crippen LogP contribution in [0.4, 0.5) is 5.95 Å². The van der Waals surface area contributed by atoms with Crippen molar-refractivity contribution in [2.75, 3.05) is 11.9 Å². The molecule has 2 heterocycles. The number of rotatable bonds is 5. The van der Waals surface area contributed by atoms with Crippen LogP contribution in [0.2, 0.25) is 0 Å².